The van der Waals surface area contributed by atoms with Crippen LogP contribution in [-0.2, 0) is 4.79 Å². The Labute approximate surface area is 152 Å². The Balaban J connectivity index is 1.52. The molecule has 6 heteroatoms. The molecule has 26 heavy (non-hydrogen) atoms. The summed E-state index contributed by atoms with van der Waals surface area (Å²) in [5.41, 5.74) is -0.120. The number of carbonyl (C=O) groups is 2. The van der Waals surface area contributed by atoms with E-state index in [2.05, 4.69) is 12.2 Å². The van der Waals surface area contributed by atoms with Gasteiger partial charge in [0.05, 0.1) is 5.56 Å². The van der Waals surface area contributed by atoms with Crippen molar-refractivity contribution < 1.29 is 18.4 Å². The summed E-state index contributed by atoms with van der Waals surface area (Å²) >= 11 is 0. The molecular formula is C20H26F2N2O2. The molecule has 2 unspecified atom stereocenters. The van der Waals surface area contributed by atoms with Crippen LogP contribution in [0.15, 0.2) is 18.2 Å². The van der Waals surface area contributed by atoms with E-state index in [0.29, 0.717) is 31.8 Å². The molecule has 0 bridgehead atoms. The zero-order valence-corrected chi connectivity index (χ0v) is 15.1. The summed E-state index contributed by atoms with van der Waals surface area (Å²) in [5, 5.41) is 3.17. The van der Waals surface area contributed by atoms with Crippen LogP contribution in [0, 0.1) is 23.5 Å². The van der Waals surface area contributed by atoms with Gasteiger partial charge < -0.3 is 10.2 Å². The van der Waals surface area contributed by atoms with Crippen LogP contribution in [0.2, 0.25) is 0 Å². The van der Waals surface area contributed by atoms with E-state index in [1.54, 1.807) is 4.90 Å². The average molecular weight is 364 g/mol. The lowest BCUT2D eigenvalue weighted by atomic mass is 9.86. The van der Waals surface area contributed by atoms with Crippen LogP contribution in [0.4, 0.5) is 8.78 Å². The molecule has 2 aliphatic rings. The van der Waals surface area contributed by atoms with Gasteiger partial charge in [-0.05, 0) is 43.7 Å². The second kappa shape index (κ2) is 8.14. The number of amides is 2. The molecule has 2 fully saturated rings. The van der Waals surface area contributed by atoms with Gasteiger partial charge in [0, 0.05) is 31.1 Å². The van der Waals surface area contributed by atoms with Gasteiger partial charge in [-0.3, -0.25) is 9.59 Å². The molecule has 0 spiro atoms. The van der Waals surface area contributed by atoms with Crippen LogP contribution in [0.25, 0.3) is 0 Å². The van der Waals surface area contributed by atoms with Crippen LogP contribution in [0.3, 0.4) is 0 Å². The summed E-state index contributed by atoms with van der Waals surface area (Å²) in [6.45, 7) is 3.04. The number of halogens is 2. The highest BCUT2D eigenvalue weighted by Gasteiger charge is 2.30. The van der Waals surface area contributed by atoms with E-state index in [1.165, 1.54) is 12.5 Å². The Hall–Kier alpha value is -1.98. The van der Waals surface area contributed by atoms with E-state index < -0.39 is 17.5 Å². The third-order valence-corrected chi connectivity index (χ3v) is 5.60. The van der Waals surface area contributed by atoms with Crippen molar-refractivity contribution in [2.24, 2.45) is 11.8 Å². The molecule has 1 aromatic rings. The number of piperidine rings is 1. The van der Waals surface area contributed by atoms with Crippen molar-refractivity contribution in [1.29, 1.82) is 0 Å². The highest BCUT2D eigenvalue weighted by atomic mass is 19.1. The first-order valence-corrected chi connectivity index (χ1v) is 9.48. The lowest BCUT2D eigenvalue weighted by molar-refractivity contribution is -0.127. The minimum Gasteiger partial charge on any atom is -0.353 e. The zero-order valence-electron chi connectivity index (χ0n) is 15.1. The van der Waals surface area contributed by atoms with Gasteiger partial charge in [0.15, 0.2) is 0 Å². The molecule has 142 valence electrons. The number of hydrogen-bond acceptors (Lipinski definition) is 2. The Morgan fingerprint density at radius 2 is 1.85 bits per heavy atom. The second-order valence-corrected chi connectivity index (χ2v) is 7.67. The maximum atomic E-state index is 13.8. The highest BCUT2D eigenvalue weighted by molar-refractivity contribution is 5.94. The van der Waals surface area contributed by atoms with E-state index in [-0.39, 0.29) is 23.4 Å². The summed E-state index contributed by atoms with van der Waals surface area (Å²) in [7, 11) is 0. The van der Waals surface area contributed by atoms with Gasteiger partial charge in [-0.25, -0.2) is 8.78 Å². The largest absolute Gasteiger partial charge is 0.353 e. The fourth-order valence-corrected chi connectivity index (χ4v) is 4.06. The van der Waals surface area contributed by atoms with Crippen LogP contribution >= 0.6 is 0 Å². The number of hydrogen-bond donors (Lipinski definition) is 1. The highest BCUT2D eigenvalue weighted by Crippen LogP contribution is 2.25. The summed E-state index contributed by atoms with van der Waals surface area (Å²) in [6, 6.07) is 3.25. The Morgan fingerprint density at radius 3 is 2.50 bits per heavy atom. The molecule has 1 aliphatic heterocycles. The molecule has 1 saturated carbocycles. The summed E-state index contributed by atoms with van der Waals surface area (Å²) in [5.74, 6) is -1.37. The zero-order chi connectivity index (χ0) is 18.7. The van der Waals surface area contributed by atoms with Crippen LogP contribution < -0.4 is 5.32 Å². The average Bonchev–Trinajstić information content (AvgIpc) is 2.61. The van der Waals surface area contributed by atoms with Gasteiger partial charge in [0.2, 0.25) is 5.91 Å². The van der Waals surface area contributed by atoms with E-state index in [0.717, 1.165) is 31.4 Å². The second-order valence-electron chi connectivity index (χ2n) is 7.67. The maximum absolute atomic E-state index is 13.8. The summed E-state index contributed by atoms with van der Waals surface area (Å²) < 4.78 is 26.8. The number of benzene rings is 1. The van der Waals surface area contributed by atoms with E-state index in [4.69, 9.17) is 0 Å². The Kier molecular flexibility index (Phi) is 5.89. The molecule has 3 rings (SSSR count). The van der Waals surface area contributed by atoms with E-state index in [1.807, 2.05) is 0 Å². The first kappa shape index (κ1) is 18.8. The summed E-state index contributed by atoms with van der Waals surface area (Å²) in [4.78, 5) is 26.5. The first-order chi connectivity index (χ1) is 12.4. The van der Waals surface area contributed by atoms with Crippen LogP contribution in [0.1, 0.15) is 55.8 Å². The van der Waals surface area contributed by atoms with Crippen LogP contribution in [-0.4, -0.2) is 35.8 Å². The molecule has 1 saturated heterocycles. The SMILES string of the molecule is CC1CCCC(NC(=O)C2CCN(C(=O)c3ccc(F)cc3F)CC2)C1. The van der Waals surface area contributed by atoms with Gasteiger partial charge in [0.1, 0.15) is 11.6 Å². The van der Waals surface area contributed by atoms with Gasteiger partial charge in [-0.2, -0.15) is 0 Å². The molecule has 1 N–H and O–H groups in total. The van der Waals surface area contributed by atoms with Gasteiger partial charge in [-0.15, -0.1) is 0 Å². The van der Waals surface area contributed by atoms with Crippen molar-refractivity contribution in [3.63, 3.8) is 0 Å². The lowest BCUT2D eigenvalue weighted by Gasteiger charge is -2.33. The topological polar surface area (TPSA) is 49.4 Å². The Bertz CT molecular complexity index is 672. The Morgan fingerprint density at radius 1 is 1.12 bits per heavy atom. The molecular weight excluding hydrogens is 338 g/mol. The van der Waals surface area contributed by atoms with Crippen LogP contribution in [0.5, 0.6) is 0 Å². The quantitative estimate of drug-likeness (QED) is 0.892. The molecule has 2 atom stereocenters. The normalized spacial score (nSPS) is 24.3. The van der Waals surface area contributed by atoms with E-state index in [9.17, 15) is 18.4 Å². The third kappa shape index (κ3) is 4.40. The molecule has 2 amide bonds. The monoisotopic (exact) mass is 364 g/mol. The van der Waals surface area contributed by atoms with Crippen molar-refractivity contribution in [3.8, 4) is 0 Å². The lowest BCUT2D eigenvalue weighted by Crippen LogP contribution is -2.46. The standard InChI is InChI=1S/C20H26F2N2O2/c1-13-3-2-4-16(11-13)23-19(25)14-7-9-24(10-8-14)20(26)17-6-5-15(21)12-18(17)22/h5-6,12-14,16H,2-4,7-11H2,1H3,(H,23,25). The van der Waals surface area contributed by atoms with Crippen molar-refractivity contribution in [2.75, 3.05) is 13.1 Å². The van der Waals surface area contributed by atoms with Gasteiger partial charge in [0.25, 0.3) is 5.91 Å². The van der Waals surface area contributed by atoms with E-state index >= 15 is 0 Å². The third-order valence-electron chi connectivity index (χ3n) is 5.60. The fraction of sp³-hybridized carbons (Fsp3) is 0.600. The molecule has 4 nitrogen and oxygen atoms in total. The van der Waals surface area contributed by atoms with Crippen molar-refractivity contribution in [3.05, 3.63) is 35.4 Å². The first-order valence-electron chi connectivity index (χ1n) is 9.48. The van der Waals surface area contributed by atoms with Gasteiger partial charge in [-0.1, -0.05) is 19.8 Å². The number of likely N-dealkylation sites (tertiary alicyclic amines) is 1. The number of rotatable bonds is 3. The number of nitrogens with one attached hydrogen (secondary N) is 1. The summed E-state index contributed by atoms with van der Waals surface area (Å²) in [6.07, 6.45) is 5.60. The maximum Gasteiger partial charge on any atom is 0.256 e. The van der Waals surface area contributed by atoms with Gasteiger partial charge >= 0.3 is 0 Å². The fourth-order valence-electron chi connectivity index (χ4n) is 4.06. The minimum absolute atomic E-state index is 0.0733. The smallest absolute Gasteiger partial charge is 0.256 e. The molecule has 1 aromatic carbocycles. The predicted octanol–water partition coefficient (Wildman–Crippen LogP) is 3.51. The van der Waals surface area contributed by atoms with Crippen molar-refractivity contribution >= 4 is 11.8 Å². The molecule has 1 aliphatic carbocycles. The molecule has 0 aromatic heterocycles. The predicted molar refractivity (Wildman–Crippen MR) is 94.5 cm³/mol. The number of carbonyl (C=O) groups excluding carboxylic acids is 2. The minimum atomic E-state index is -0.846. The number of nitrogens with zero attached hydrogens (tertiary/aromatic N) is 1. The van der Waals surface area contributed by atoms with Crippen molar-refractivity contribution in [1.82, 2.24) is 10.2 Å². The molecule has 1 heterocycles. The van der Waals surface area contributed by atoms with Crippen molar-refractivity contribution in [2.45, 2.75) is 51.5 Å². The molecule has 0 radical (unpaired) electrons.